The fourth-order valence-corrected chi connectivity index (χ4v) is 2.62. The fourth-order valence-electron chi connectivity index (χ4n) is 2.57. The van der Waals surface area contributed by atoms with Gasteiger partial charge < -0.3 is 9.39 Å². The summed E-state index contributed by atoms with van der Waals surface area (Å²) >= 11 is 4.64. The first-order valence-corrected chi connectivity index (χ1v) is 8.82. The van der Waals surface area contributed by atoms with Crippen LogP contribution in [0.5, 0.6) is 6.01 Å². The number of imidazole rings is 1. The molecule has 4 nitrogen and oxygen atoms in total. The van der Waals surface area contributed by atoms with E-state index in [0.717, 1.165) is 29.3 Å². The Morgan fingerprint density at radius 1 is 1.25 bits per heavy atom. The van der Waals surface area contributed by atoms with Crippen molar-refractivity contribution in [3.63, 3.8) is 0 Å². The van der Waals surface area contributed by atoms with Crippen LogP contribution in [0.15, 0.2) is 18.2 Å². The van der Waals surface area contributed by atoms with Crippen molar-refractivity contribution in [2.75, 3.05) is 7.11 Å². The van der Waals surface area contributed by atoms with Gasteiger partial charge in [-0.25, -0.2) is 0 Å². The molecule has 1 aliphatic carbocycles. The van der Waals surface area contributed by atoms with Crippen LogP contribution < -0.4 is 10.2 Å². The zero-order valence-electron chi connectivity index (χ0n) is 15.4. The highest BCUT2D eigenvalue weighted by atomic mass is 32.1. The molecule has 1 fully saturated rings. The van der Waals surface area contributed by atoms with E-state index in [0.29, 0.717) is 6.01 Å². The lowest BCUT2D eigenvalue weighted by atomic mass is 9.84. The van der Waals surface area contributed by atoms with Crippen molar-refractivity contribution in [3.05, 3.63) is 18.2 Å². The van der Waals surface area contributed by atoms with Crippen molar-refractivity contribution < 1.29 is 9.39 Å². The summed E-state index contributed by atoms with van der Waals surface area (Å²) in [6.07, 6.45) is 2.31. The number of aromatic nitrogens is 2. The number of thiol groups is 1. The molecule has 24 heavy (non-hydrogen) atoms. The van der Waals surface area contributed by atoms with Crippen LogP contribution in [0.2, 0.25) is 0 Å². The summed E-state index contributed by atoms with van der Waals surface area (Å²) in [5.74, 6) is 0. The van der Waals surface area contributed by atoms with Crippen LogP contribution in [0, 0.1) is 0 Å². The van der Waals surface area contributed by atoms with E-state index in [-0.39, 0.29) is 15.9 Å². The van der Waals surface area contributed by atoms with E-state index in [4.69, 9.17) is 9.39 Å². The Bertz CT molecular complexity index is 760. The van der Waals surface area contributed by atoms with Gasteiger partial charge in [0, 0.05) is 10.3 Å². The van der Waals surface area contributed by atoms with Crippen LogP contribution >= 0.6 is 12.6 Å². The number of methoxy groups -OCH3 is 1. The van der Waals surface area contributed by atoms with Gasteiger partial charge in [-0.05, 0) is 59.6 Å². The fraction of sp³-hybridized carbons (Fsp3) is 0.611. The van der Waals surface area contributed by atoms with E-state index >= 15 is 0 Å². The minimum Gasteiger partial charge on any atom is -0.468 e. The number of rotatable bonds is 6. The predicted octanol–water partition coefficient (Wildman–Crippen LogP) is 3.30. The zero-order valence-corrected chi connectivity index (χ0v) is 16.3. The Balaban J connectivity index is 1.91. The quantitative estimate of drug-likeness (QED) is 0.645. The molecule has 1 radical (unpaired) electrons. The van der Waals surface area contributed by atoms with E-state index in [2.05, 4.69) is 49.0 Å². The lowest BCUT2D eigenvalue weighted by molar-refractivity contribution is 0.0855. The molecule has 129 valence electrons. The number of ether oxygens (including phenoxy) is 1. The molecule has 2 aromatic rings. The van der Waals surface area contributed by atoms with Gasteiger partial charge in [0.1, 0.15) is 0 Å². The molecule has 3 rings (SSSR count). The van der Waals surface area contributed by atoms with Crippen LogP contribution in [0.1, 0.15) is 47.5 Å². The summed E-state index contributed by atoms with van der Waals surface area (Å²) in [4.78, 5) is 4.60. The summed E-state index contributed by atoms with van der Waals surface area (Å²) < 4.78 is 13.5. The van der Waals surface area contributed by atoms with E-state index in [1.807, 2.05) is 33.5 Å². The smallest absolute Gasteiger partial charge is 0.330 e. The second kappa shape index (κ2) is 5.70. The first-order chi connectivity index (χ1) is 11.1. The van der Waals surface area contributed by atoms with E-state index < -0.39 is 0 Å². The summed E-state index contributed by atoms with van der Waals surface area (Å²) in [5.41, 5.74) is 2.79. The molecule has 0 N–H and O–H groups in total. The third kappa shape index (κ3) is 3.06. The lowest BCUT2D eigenvalue weighted by Crippen LogP contribution is -2.45. The highest BCUT2D eigenvalue weighted by Crippen LogP contribution is 2.47. The molecule has 0 amide bonds. The number of hydrogen-bond acceptors (Lipinski definition) is 4. The van der Waals surface area contributed by atoms with Crippen molar-refractivity contribution in [2.45, 2.75) is 63.3 Å². The highest BCUT2D eigenvalue weighted by molar-refractivity contribution is 7.81. The first-order valence-electron chi connectivity index (χ1n) is 8.38. The Morgan fingerprint density at radius 3 is 2.46 bits per heavy atom. The summed E-state index contributed by atoms with van der Waals surface area (Å²) in [6, 6.07) is 6.85. The molecule has 0 unspecified atom stereocenters. The van der Waals surface area contributed by atoms with Crippen molar-refractivity contribution in [1.29, 1.82) is 0 Å². The zero-order chi connectivity index (χ0) is 17.8. The van der Waals surface area contributed by atoms with Gasteiger partial charge in [0.25, 0.3) is 6.01 Å². The maximum atomic E-state index is 6.04. The maximum Gasteiger partial charge on any atom is 0.330 e. The van der Waals surface area contributed by atoms with Crippen LogP contribution in [0.3, 0.4) is 0 Å². The van der Waals surface area contributed by atoms with E-state index in [9.17, 15) is 0 Å². The van der Waals surface area contributed by atoms with Gasteiger partial charge in [-0.1, -0.05) is 11.5 Å². The normalized spacial score (nSPS) is 17.1. The number of hydrogen-bond donors (Lipinski definition) is 1. The monoisotopic (exact) mass is 345 g/mol. The number of fused-ring (bicyclic) bond motifs is 1. The molecule has 0 saturated heterocycles. The Labute approximate surface area is 150 Å². The van der Waals surface area contributed by atoms with Crippen LogP contribution in [0.4, 0.5) is 0 Å². The summed E-state index contributed by atoms with van der Waals surface area (Å²) in [5, 5.41) is 0. The number of nitrogens with zero attached hydrogens (tertiary/aromatic N) is 2. The molecule has 0 spiro atoms. The summed E-state index contributed by atoms with van der Waals surface area (Å²) in [6.45, 7) is 10.5. The molecule has 1 heterocycles. The minimum atomic E-state index is -0.383. The Kier molecular flexibility index (Phi) is 4.20. The third-order valence-electron chi connectivity index (χ3n) is 5.31. The molecule has 1 aliphatic rings. The van der Waals surface area contributed by atoms with Crippen molar-refractivity contribution >= 4 is 36.6 Å². The molecular formula is C18H26BN2O2S. The Morgan fingerprint density at radius 2 is 1.92 bits per heavy atom. The summed E-state index contributed by atoms with van der Waals surface area (Å²) in [7, 11) is 3.49. The van der Waals surface area contributed by atoms with Crippen LogP contribution in [-0.4, -0.2) is 34.5 Å². The maximum absolute atomic E-state index is 6.04. The van der Waals surface area contributed by atoms with E-state index in [1.54, 1.807) is 7.11 Å². The average molecular weight is 345 g/mol. The van der Waals surface area contributed by atoms with Crippen LogP contribution in [-0.2, 0) is 10.2 Å². The predicted molar refractivity (Wildman–Crippen MR) is 103 cm³/mol. The minimum absolute atomic E-state index is 0.117. The SMILES string of the molecule is COc1nc2ccc([B]OC(C)(C)C(C)(C)S)cc2n1C1(C)CC1. The van der Waals surface area contributed by atoms with Gasteiger partial charge in [-0.3, -0.25) is 4.57 Å². The van der Waals surface area contributed by atoms with Gasteiger partial charge in [-0.15, -0.1) is 0 Å². The van der Waals surface area contributed by atoms with Gasteiger partial charge in [-0.2, -0.15) is 17.6 Å². The van der Waals surface area contributed by atoms with Crippen molar-refractivity contribution in [2.24, 2.45) is 0 Å². The average Bonchev–Trinajstić information content (AvgIpc) is 3.11. The van der Waals surface area contributed by atoms with Crippen molar-refractivity contribution in [1.82, 2.24) is 9.55 Å². The second-order valence-electron chi connectivity index (χ2n) is 7.98. The third-order valence-corrected chi connectivity index (χ3v) is 5.85. The first kappa shape index (κ1) is 17.7. The van der Waals surface area contributed by atoms with Gasteiger partial charge >= 0.3 is 7.48 Å². The molecule has 1 aromatic heterocycles. The Hall–Kier alpha value is -1.14. The lowest BCUT2D eigenvalue weighted by Gasteiger charge is -2.38. The van der Waals surface area contributed by atoms with Gasteiger partial charge in [0.15, 0.2) is 0 Å². The largest absolute Gasteiger partial charge is 0.468 e. The van der Waals surface area contributed by atoms with E-state index in [1.165, 1.54) is 0 Å². The molecule has 1 aromatic carbocycles. The van der Waals surface area contributed by atoms with Gasteiger partial charge in [0.2, 0.25) is 0 Å². The molecule has 0 aliphatic heterocycles. The molecule has 6 heteroatoms. The van der Waals surface area contributed by atoms with Gasteiger partial charge in [0.05, 0.1) is 23.7 Å². The highest BCUT2D eigenvalue weighted by Gasteiger charge is 2.42. The van der Waals surface area contributed by atoms with Crippen molar-refractivity contribution in [3.8, 4) is 6.01 Å². The molecule has 0 atom stereocenters. The topological polar surface area (TPSA) is 36.3 Å². The molecule has 1 saturated carbocycles. The second-order valence-corrected chi connectivity index (χ2v) is 9.10. The van der Waals surface area contributed by atoms with Crippen LogP contribution in [0.25, 0.3) is 11.0 Å². The molecular weight excluding hydrogens is 319 g/mol. The standard InChI is InChI=1S/C18H26BN2O2S/c1-16(2,17(3,4)24)23-19-12-7-8-13-14(11-12)21(15(20-13)22-6)18(5)9-10-18/h7-8,11,24H,9-10H2,1-6H3. The number of benzene rings is 1. The molecule has 0 bridgehead atoms.